The van der Waals surface area contributed by atoms with E-state index in [1.807, 2.05) is 0 Å². The van der Waals surface area contributed by atoms with Crippen molar-refractivity contribution in [1.82, 2.24) is 19.5 Å². The summed E-state index contributed by atoms with van der Waals surface area (Å²) in [6.07, 6.45) is -3.65. The molecule has 3 heterocycles. The van der Waals surface area contributed by atoms with Crippen LogP contribution in [-0.2, 0) is 13.8 Å². The number of aliphatic hydroxyl groups is 1. The lowest BCUT2D eigenvalue weighted by Crippen LogP contribution is -2.30. The number of imidazole rings is 1. The molecular formula is C10H13FN5O6P. The van der Waals surface area contributed by atoms with Gasteiger partial charge in [-0.15, -0.1) is 0 Å². The average Bonchev–Trinajstić information content (AvgIpc) is 3.01. The number of rotatable bonds is 4. The van der Waals surface area contributed by atoms with E-state index in [1.54, 1.807) is 0 Å². The number of phosphoric acid groups is 1. The van der Waals surface area contributed by atoms with Gasteiger partial charge in [-0.1, -0.05) is 0 Å². The summed E-state index contributed by atoms with van der Waals surface area (Å²) in [6.45, 7) is -0.719. The number of nitrogens with zero attached hydrogens (tertiary/aromatic N) is 4. The third-order valence-electron chi connectivity index (χ3n) is 3.36. The first-order valence-electron chi connectivity index (χ1n) is 6.38. The van der Waals surface area contributed by atoms with Gasteiger partial charge in [0.1, 0.15) is 24.1 Å². The molecule has 4 atom stereocenters. The maximum Gasteiger partial charge on any atom is 0.469 e. The molecule has 1 fully saturated rings. The van der Waals surface area contributed by atoms with Crippen molar-refractivity contribution in [3.63, 3.8) is 0 Å². The Hall–Kier alpha value is -1.69. The quantitative estimate of drug-likeness (QED) is 0.509. The first-order chi connectivity index (χ1) is 10.8. The van der Waals surface area contributed by atoms with Crippen LogP contribution >= 0.6 is 7.82 Å². The van der Waals surface area contributed by atoms with Gasteiger partial charge in [-0.25, -0.2) is 23.9 Å². The number of alkyl halides is 1. The second-order valence-electron chi connectivity index (χ2n) is 4.87. The Bertz CT molecular complexity index is 767. The fourth-order valence-corrected chi connectivity index (χ4v) is 2.64. The number of anilines is 1. The van der Waals surface area contributed by atoms with Crippen molar-refractivity contribution < 1.29 is 33.1 Å². The normalized spacial score (nSPS) is 28.5. The molecule has 1 aliphatic rings. The molecule has 0 aromatic carbocycles. The van der Waals surface area contributed by atoms with Crippen LogP contribution in [0.1, 0.15) is 6.23 Å². The minimum Gasteiger partial charge on any atom is -0.385 e. The number of halogens is 1. The van der Waals surface area contributed by atoms with Gasteiger partial charge in [0.2, 0.25) is 0 Å². The zero-order chi connectivity index (χ0) is 16.8. The standard InChI is InChI=1S/C10H13FN5O6P/c11-5-4(1-21-23(18,19)20)22-10(7(5)17)16-3-15-6-8(12)13-2-14-9(6)16/h2-5,7,10,17H,1H2,(H2,12,13,14)(H2,18,19,20)/t4-,5+,7?,10-/m1/s1. The molecule has 0 amide bonds. The van der Waals surface area contributed by atoms with Crippen LogP contribution in [0.3, 0.4) is 0 Å². The Morgan fingerprint density at radius 2 is 2.17 bits per heavy atom. The lowest BCUT2D eigenvalue weighted by atomic mass is 10.1. The molecule has 5 N–H and O–H groups in total. The van der Waals surface area contributed by atoms with Gasteiger partial charge in [-0.2, -0.15) is 0 Å². The van der Waals surface area contributed by atoms with Crippen LogP contribution in [0.4, 0.5) is 10.2 Å². The van der Waals surface area contributed by atoms with Crippen LogP contribution < -0.4 is 5.73 Å². The Morgan fingerprint density at radius 1 is 1.43 bits per heavy atom. The minimum atomic E-state index is -4.77. The Balaban J connectivity index is 1.85. The van der Waals surface area contributed by atoms with Gasteiger partial charge in [0.05, 0.1) is 12.9 Å². The molecule has 126 valence electrons. The van der Waals surface area contributed by atoms with Crippen molar-refractivity contribution >= 4 is 24.8 Å². The molecule has 13 heteroatoms. The molecule has 1 saturated heterocycles. The van der Waals surface area contributed by atoms with Gasteiger partial charge in [-0.05, 0) is 0 Å². The van der Waals surface area contributed by atoms with E-state index in [0.717, 1.165) is 0 Å². The third kappa shape index (κ3) is 3.04. The van der Waals surface area contributed by atoms with Gasteiger partial charge in [0.15, 0.2) is 23.9 Å². The van der Waals surface area contributed by atoms with Gasteiger partial charge in [0, 0.05) is 0 Å². The maximum absolute atomic E-state index is 14.1. The number of nitrogens with two attached hydrogens (primary N) is 1. The van der Waals surface area contributed by atoms with Crippen molar-refractivity contribution in [3.8, 4) is 0 Å². The monoisotopic (exact) mass is 349 g/mol. The van der Waals surface area contributed by atoms with Crippen molar-refractivity contribution in [1.29, 1.82) is 0 Å². The van der Waals surface area contributed by atoms with Crippen molar-refractivity contribution in [2.24, 2.45) is 0 Å². The summed E-state index contributed by atoms with van der Waals surface area (Å²) in [7, 11) is -4.77. The second kappa shape index (κ2) is 5.74. The predicted molar refractivity (Wildman–Crippen MR) is 72.5 cm³/mol. The average molecular weight is 349 g/mol. The first kappa shape index (κ1) is 16.2. The molecule has 0 bridgehead atoms. The smallest absolute Gasteiger partial charge is 0.385 e. The molecule has 3 rings (SSSR count). The third-order valence-corrected chi connectivity index (χ3v) is 3.84. The topological polar surface area (TPSA) is 166 Å². The number of phosphoric ester groups is 1. The van der Waals surface area contributed by atoms with Gasteiger partial charge < -0.3 is 25.4 Å². The Kier molecular flexibility index (Phi) is 4.04. The molecule has 1 aliphatic heterocycles. The lowest BCUT2D eigenvalue weighted by molar-refractivity contribution is -0.0489. The molecule has 2 aromatic rings. The number of fused-ring (bicyclic) bond motifs is 1. The summed E-state index contributed by atoms with van der Waals surface area (Å²) in [4.78, 5) is 29.0. The van der Waals surface area contributed by atoms with E-state index < -0.39 is 39.0 Å². The zero-order valence-electron chi connectivity index (χ0n) is 11.4. The number of aliphatic hydroxyl groups excluding tert-OH is 1. The summed E-state index contributed by atoms with van der Waals surface area (Å²) in [6, 6.07) is 0. The Labute approximate surface area is 128 Å². The van der Waals surface area contributed by atoms with Crippen molar-refractivity contribution in [3.05, 3.63) is 12.7 Å². The lowest BCUT2D eigenvalue weighted by Gasteiger charge is -2.16. The van der Waals surface area contributed by atoms with Crippen LogP contribution in [0.15, 0.2) is 12.7 Å². The maximum atomic E-state index is 14.1. The highest BCUT2D eigenvalue weighted by Gasteiger charge is 2.46. The number of aromatic nitrogens is 4. The van der Waals surface area contributed by atoms with E-state index in [2.05, 4.69) is 19.5 Å². The van der Waals surface area contributed by atoms with Crippen LogP contribution in [-0.4, -0.2) is 59.4 Å². The van der Waals surface area contributed by atoms with Crippen molar-refractivity contribution in [2.75, 3.05) is 12.3 Å². The van der Waals surface area contributed by atoms with Gasteiger partial charge >= 0.3 is 7.82 Å². The van der Waals surface area contributed by atoms with Gasteiger partial charge in [-0.3, -0.25) is 9.09 Å². The molecule has 23 heavy (non-hydrogen) atoms. The Morgan fingerprint density at radius 3 is 2.87 bits per heavy atom. The molecule has 2 aromatic heterocycles. The van der Waals surface area contributed by atoms with Crippen LogP contribution in [0.5, 0.6) is 0 Å². The summed E-state index contributed by atoms with van der Waals surface area (Å²) >= 11 is 0. The van der Waals surface area contributed by atoms with E-state index >= 15 is 0 Å². The number of nitrogen functional groups attached to an aromatic ring is 1. The zero-order valence-corrected chi connectivity index (χ0v) is 12.3. The largest absolute Gasteiger partial charge is 0.469 e. The van der Waals surface area contributed by atoms with E-state index in [0.29, 0.717) is 0 Å². The highest BCUT2D eigenvalue weighted by molar-refractivity contribution is 7.46. The van der Waals surface area contributed by atoms with Crippen LogP contribution in [0.25, 0.3) is 11.2 Å². The SMILES string of the molecule is Nc1ncnc2c1ncn2[C@@H]1O[C@H](COP(=O)(O)O)[C@H](F)C1O. The fraction of sp³-hybridized carbons (Fsp3) is 0.500. The second-order valence-corrected chi connectivity index (χ2v) is 6.11. The molecule has 0 spiro atoms. The van der Waals surface area contributed by atoms with Crippen LogP contribution in [0, 0.1) is 0 Å². The van der Waals surface area contributed by atoms with E-state index in [4.69, 9.17) is 20.3 Å². The molecule has 0 radical (unpaired) electrons. The molecule has 11 nitrogen and oxygen atoms in total. The summed E-state index contributed by atoms with van der Waals surface area (Å²) in [5, 5.41) is 9.99. The molecular weight excluding hydrogens is 336 g/mol. The molecule has 1 unspecified atom stereocenters. The highest BCUT2D eigenvalue weighted by atomic mass is 31.2. The van der Waals surface area contributed by atoms with Crippen molar-refractivity contribution in [2.45, 2.75) is 24.6 Å². The van der Waals surface area contributed by atoms with E-state index in [-0.39, 0.29) is 17.0 Å². The molecule has 0 saturated carbocycles. The minimum absolute atomic E-state index is 0.111. The van der Waals surface area contributed by atoms with E-state index in [1.165, 1.54) is 17.2 Å². The molecule has 0 aliphatic carbocycles. The van der Waals surface area contributed by atoms with Gasteiger partial charge in [0.25, 0.3) is 0 Å². The van der Waals surface area contributed by atoms with Crippen LogP contribution in [0.2, 0.25) is 0 Å². The number of hydrogen-bond acceptors (Lipinski definition) is 8. The summed E-state index contributed by atoms with van der Waals surface area (Å²) in [5.74, 6) is 0.111. The number of ether oxygens (including phenoxy) is 1. The first-order valence-corrected chi connectivity index (χ1v) is 7.91. The van der Waals surface area contributed by atoms with E-state index in [9.17, 15) is 14.1 Å². The summed E-state index contributed by atoms with van der Waals surface area (Å²) < 4.78 is 35.6. The number of hydrogen-bond donors (Lipinski definition) is 4. The predicted octanol–water partition coefficient (Wildman–Crippen LogP) is -0.886. The summed E-state index contributed by atoms with van der Waals surface area (Å²) in [5.41, 5.74) is 6.13. The fourth-order valence-electron chi connectivity index (χ4n) is 2.30. The highest BCUT2D eigenvalue weighted by Crippen LogP contribution is 2.39.